The monoisotopic (exact) mass is 304 g/mol. The van der Waals surface area contributed by atoms with Crippen LogP contribution in [0.25, 0.3) is 11.6 Å². The Balaban J connectivity index is 2.42. The third kappa shape index (κ3) is 3.06. The van der Waals surface area contributed by atoms with E-state index in [1.54, 1.807) is 6.08 Å². The van der Waals surface area contributed by atoms with Crippen LogP contribution in [0.1, 0.15) is 28.1 Å². The standard InChI is InChI=1S/C17H15F3N2/c1-11-8-14(12(2)22(11)3)9-15(10-21)13-4-6-16(7-5-13)17(18,19)20/h4-9H,1-3H3/b15-9-. The van der Waals surface area contributed by atoms with Crippen molar-refractivity contribution in [1.82, 2.24) is 4.57 Å². The van der Waals surface area contributed by atoms with Crippen LogP contribution >= 0.6 is 0 Å². The third-order valence-electron chi connectivity index (χ3n) is 3.76. The first-order chi connectivity index (χ1) is 10.2. The van der Waals surface area contributed by atoms with Crippen LogP contribution in [0, 0.1) is 25.2 Å². The molecule has 0 aliphatic rings. The van der Waals surface area contributed by atoms with Gasteiger partial charge in [0, 0.05) is 18.4 Å². The van der Waals surface area contributed by atoms with E-state index in [2.05, 4.69) is 6.07 Å². The van der Waals surface area contributed by atoms with E-state index in [0.29, 0.717) is 11.1 Å². The summed E-state index contributed by atoms with van der Waals surface area (Å²) < 4.78 is 39.7. The van der Waals surface area contributed by atoms with E-state index in [1.165, 1.54) is 12.1 Å². The van der Waals surface area contributed by atoms with Crippen LogP contribution in [-0.4, -0.2) is 4.57 Å². The van der Waals surface area contributed by atoms with Gasteiger partial charge in [-0.15, -0.1) is 0 Å². The molecule has 2 aromatic rings. The molecule has 2 nitrogen and oxygen atoms in total. The number of alkyl halides is 3. The quantitative estimate of drug-likeness (QED) is 0.738. The number of nitrogens with zero attached hydrogens (tertiary/aromatic N) is 2. The number of nitriles is 1. The summed E-state index contributed by atoms with van der Waals surface area (Å²) in [4.78, 5) is 0. The fraction of sp³-hybridized carbons (Fsp3) is 0.235. The van der Waals surface area contributed by atoms with Gasteiger partial charge in [0.1, 0.15) is 0 Å². The number of halogens is 3. The van der Waals surface area contributed by atoms with Crippen LogP contribution in [0.2, 0.25) is 0 Å². The summed E-state index contributed by atoms with van der Waals surface area (Å²) in [7, 11) is 1.92. The molecule has 114 valence electrons. The Morgan fingerprint density at radius 1 is 1.18 bits per heavy atom. The Hall–Kier alpha value is -2.48. The Morgan fingerprint density at radius 2 is 1.77 bits per heavy atom. The Bertz CT molecular complexity index is 757. The second-order valence-electron chi connectivity index (χ2n) is 5.13. The lowest BCUT2D eigenvalue weighted by atomic mass is 10.0. The Morgan fingerprint density at radius 3 is 2.18 bits per heavy atom. The molecule has 0 aliphatic carbocycles. The fourth-order valence-electron chi connectivity index (χ4n) is 2.21. The first-order valence-corrected chi connectivity index (χ1v) is 6.66. The highest BCUT2D eigenvalue weighted by Gasteiger charge is 2.30. The first-order valence-electron chi connectivity index (χ1n) is 6.66. The number of rotatable bonds is 2. The number of benzene rings is 1. The van der Waals surface area contributed by atoms with Crippen molar-refractivity contribution in [3.05, 3.63) is 58.4 Å². The fourth-order valence-corrected chi connectivity index (χ4v) is 2.21. The lowest BCUT2D eigenvalue weighted by molar-refractivity contribution is -0.137. The molecule has 0 saturated heterocycles. The van der Waals surface area contributed by atoms with E-state index >= 15 is 0 Å². The molecular weight excluding hydrogens is 289 g/mol. The molecule has 0 spiro atoms. The van der Waals surface area contributed by atoms with Crippen molar-refractivity contribution in [3.63, 3.8) is 0 Å². The Labute approximate surface area is 127 Å². The van der Waals surface area contributed by atoms with E-state index in [4.69, 9.17) is 0 Å². The van der Waals surface area contributed by atoms with Crippen LogP contribution in [0.3, 0.4) is 0 Å². The maximum Gasteiger partial charge on any atom is 0.416 e. The maximum absolute atomic E-state index is 12.6. The van der Waals surface area contributed by atoms with E-state index in [0.717, 1.165) is 29.1 Å². The summed E-state index contributed by atoms with van der Waals surface area (Å²) in [5.74, 6) is 0. The number of hydrogen-bond donors (Lipinski definition) is 0. The second kappa shape index (κ2) is 5.72. The second-order valence-corrected chi connectivity index (χ2v) is 5.13. The third-order valence-corrected chi connectivity index (χ3v) is 3.76. The molecule has 0 fully saturated rings. The molecule has 0 N–H and O–H groups in total. The predicted octanol–water partition coefficient (Wildman–Crippen LogP) is 4.72. The highest BCUT2D eigenvalue weighted by Crippen LogP contribution is 2.30. The average Bonchev–Trinajstić information content (AvgIpc) is 2.71. The van der Waals surface area contributed by atoms with Gasteiger partial charge in [0.2, 0.25) is 0 Å². The molecule has 0 aliphatic heterocycles. The topological polar surface area (TPSA) is 28.7 Å². The van der Waals surface area contributed by atoms with Gasteiger partial charge in [-0.25, -0.2) is 0 Å². The molecule has 1 aromatic carbocycles. The summed E-state index contributed by atoms with van der Waals surface area (Å²) in [5.41, 5.74) is 3.01. The maximum atomic E-state index is 12.6. The van der Waals surface area contributed by atoms with Crippen molar-refractivity contribution < 1.29 is 13.2 Å². The lowest BCUT2D eigenvalue weighted by Gasteiger charge is -2.07. The Kier molecular flexibility index (Phi) is 4.14. The SMILES string of the molecule is Cc1cc(/C=C(/C#N)c2ccc(C(F)(F)F)cc2)c(C)n1C. The molecule has 1 heterocycles. The van der Waals surface area contributed by atoms with E-state index in [1.807, 2.05) is 31.5 Å². The molecular formula is C17H15F3N2. The minimum atomic E-state index is -4.37. The van der Waals surface area contributed by atoms with Gasteiger partial charge in [-0.3, -0.25) is 0 Å². The molecule has 2 rings (SSSR count). The summed E-state index contributed by atoms with van der Waals surface area (Å²) in [6.45, 7) is 3.88. The van der Waals surface area contributed by atoms with Crippen molar-refractivity contribution in [3.8, 4) is 6.07 Å². The van der Waals surface area contributed by atoms with E-state index in [-0.39, 0.29) is 0 Å². The van der Waals surface area contributed by atoms with Gasteiger partial charge >= 0.3 is 6.18 Å². The highest BCUT2D eigenvalue weighted by molar-refractivity contribution is 5.90. The van der Waals surface area contributed by atoms with Gasteiger partial charge in [-0.2, -0.15) is 18.4 Å². The largest absolute Gasteiger partial charge is 0.416 e. The van der Waals surface area contributed by atoms with Gasteiger partial charge < -0.3 is 4.57 Å². The summed E-state index contributed by atoms with van der Waals surface area (Å²) in [5, 5.41) is 9.29. The number of aromatic nitrogens is 1. The molecule has 0 amide bonds. The number of allylic oxidation sites excluding steroid dienone is 1. The molecule has 1 aromatic heterocycles. The minimum absolute atomic E-state index is 0.336. The molecule has 5 heteroatoms. The summed E-state index contributed by atoms with van der Waals surface area (Å²) >= 11 is 0. The van der Waals surface area contributed by atoms with E-state index < -0.39 is 11.7 Å². The molecule has 0 bridgehead atoms. The van der Waals surface area contributed by atoms with Gasteiger partial charge in [0.05, 0.1) is 17.2 Å². The summed E-state index contributed by atoms with van der Waals surface area (Å²) in [6, 6.07) is 8.62. The van der Waals surface area contributed by atoms with Gasteiger partial charge in [0.15, 0.2) is 0 Å². The van der Waals surface area contributed by atoms with Crippen molar-refractivity contribution in [2.24, 2.45) is 7.05 Å². The van der Waals surface area contributed by atoms with Crippen molar-refractivity contribution in [1.29, 1.82) is 5.26 Å². The van der Waals surface area contributed by atoms with Gasteiger partial charge in [-0.05, 0) is 49.2 Å². The zero-order chi connectivity index (χ0) is 16.5. The molecule has 0 radical (unpaired) electrons. The van der Waals surface area contributed by atoms with Gasteiger partial charge in [0.25, 0.3) is 0 Å². The van der Waals surface area contributed by atoms with Crippen molar-refractivity contribution in [2.75, 3.05) is 0 Å². The lowest BCUT2D eigenvalue weighted by Crippen LogP contribution is -2.04. The van der Waals surface area contributed by atoms with Crippen molar-refractivity contribution >= 4 is 11.6 Å². The zero-order valence-electron chi connectivity index (χ0n) is 12.5. The number of hydrogen-bond acceptors (Lipinski definition) is 1. The normalized spacial score (nSPS) is 12.3. The highest BCUT2D eigenvalue weighted by atomic mass is 19.4. The van der Waals surface area contributed by atoms with Crippen LogP contribution in [0.4, 0.5) is 13.2 Å². The average molecular weight is 304 g/mol. The molecule has 0 atom stereocenters. The smallest absolute Gasteiger partial charge is 0.352 e. The zero-order valence-corrected chi connectivity index (χ0v) is 12.5. The van der Waals surface area contributed by atoms with E-state index in [9.17, 15) is 18.4 Å². The molecule has 22 heavy (non-hydrogen) atoms. The number of aryl methyl sites for hydroxylation is 1. The van der Waals surface area contributed by atoms with Crippen molar-refractivity contribution in [2.45, 2.75) is 20.0 Å². The van der Waals surface area contributed by atoms with Crippen LogP contribution in [0.15, 0.2) is 30.3 Å². The van der Waals surface area contributed by atoms with Crippen LogP contribution in [0.5, 0.6) is 0 Å². The minimum Gasteiger partial charge on any atom is -0.352 e. The van der Waals surface area contributed by atoms with Gasteiger partial charge in [-0.1, -0.05) is 12.1 Å². The predicted molar refractivity (Wildman–Crippen MR) is 79.8 cm³/mol. The van der Waals surface area contributed by atoms with Crippen LogP contribution in [-0.2, 0) is 13.2 Å². The molecule has 0 unspecified atom stereocenters. The first kappa shape index (κ1) is 15.9. The van der Waals surface area contributed by atoms with Crippen LogP contribution < -0.4 is 0 Å². The summed E-state index contributed by atoms with van der Waals surface area (Å²) in [6.07, 6.45) is -2.67. The molecule has 0 saturated carbocycles.